The number of allylic oxidation sites excluding steroid dienone is 2. The molecule has 3 heteroatoms. The van der Waals surface area contributed by atoms with Crippen LogP contribution in [0.25, 0.3) is 0 Å². The Bertz CT molecular complexity index is 492. The van der Waals surface area contributed by atoms with Gasteiger partial charge in [0, 0.05) is 17.3 Å². The van der Waals surface area contributed by atoms with Crippen LogP contribution >= 0.6 is 0 Å². The van der Waals surface area contributed by atoms with Gasteiger partial charge in [-0.05, 0) is 37.7 Å². The molecule has 3 nitrogen and oxygen atoms in total. The summed E-state index contributed by atoms with van der Waals surface area (Å²) < 4.78 is 5.64. The van der Waals surface area contributed by atoms with Crippen molar-refractivity contribution in [2.24, 2.45) is 29.1 Å². The maximum atomic E-state index is 12.5. The predicted octanol–water partition coefficient (Wildman–Crippen LogP) is 2.11. The SMILES string of the molecule is CC1=CCCC2C(=O)OC3C2C(C1=O)C1CC13C. The highest BCUT2D eigenvalue weighted by atomic mass is 16.6. The molecule has 0 aromatic rings. The lowest BCUT2D eigenvalue weighted by atomic mass is 9.74. The first kappa shape index (κ1) is 10.8. The fraction of sp³-hybridized carbons (Fsp3) is 0.733. The van der Waals surface area contributed by atoms with E-state index < -0.39 is 0 Å². The first-order valence-electron chi connectivity index (χ1n) is 6.95. The van der Waals surface area contributed by atoms with Crippen LogP contribution < -0.4 is 0 Å². The molecule has 3 aliphatic carbocycles. The summed E-state index contributed by atoms with van der Waals surface area (Å²) in [5.74, 6) is 0.863. The van der Waals surface area contributed by atoms with E-state index in [1.807, 2.05) is 13.0 Å². The Hall–Kier alpha value is -1.12. The molecule has 18 heavy (non-hydrogen) atoms. The molecule has 0 radical (unpaired) electrons. The largest absolute Gasteiger partial charge is 0.461 e. The predicted molar refractivity (Wildman–Crippen MR) is 64.6 cm³/mol. The third-order valence-corrected chi connectivity index (χ3v) is 5.82. The minimum Gasteiger partial charge on any atom is -0.461 e. The van der Waals surface area contributed by atoms with Crippen molar-refractivity contribution in [3.05, 3.63) is 11.6 Å². The Balaban J connectivity index is 1.82. The number of Topliss-reactive ketones (excluding diaryl/α,β-unsaturated/α-hetero) is 1. The molecule has 1 saturated heterocycles. The Morgan fingerprint density at radius 2 is 2.17 bits per heavy atom. The lowest BCUT2D eigenvalue weighted by Gasteiger charge is -2.26. The van der Waals surface area contributed by atoms with Crippen LogP contribution in [0.5, 0.6) is 0 Å². The summed E-state index contributed by atoms with van der Waals surface area (Å²) in [6.07, 6.45) is 4.76. The molecule has 96 valence electrons. The minimum atomic E-state index is -0.0534. The summed E-state index contributed by atoms with van der Waals surface area (Å²) >= 11 is 0. The number of hydrogen-bond acceptors (Lipinski definition) is 3. The Morgan fingerprint density at radius 3 is 2.94 bits per heavy atom. The van der Waals surface area contributed by atoms with Crippen molar-refractivity contribution in [1.82, 2.24) is 0 Å². The maximum absolute atomic E-state index is 12.5. The number of carbonyl (C=O) groups is 2. The fourth-order valence-electron chi connectivity index (χ4n) is 4.73. The molecule has 0 aromatic heterocycles. The van der Waals surface area contributed by atoms with E-state index in [9.17, 15) is 9.59 Å². The molecule has 2 saturated carbocycles. The highest BCUT2D eigenvalue weighted by Gasteiger charge is 2.75. The van der Waals surface area contributed by atoms with Crippen molar-refractivity contribution < 1.29 is 14.3 Å². The van der Waals surface area contributed by atoms with Crippen molar-refractivity contribution >= 4 is 11.8 Å². The molecule has 6 atom stereocenters. The topological polar surface area (TPSA) is 43.4 Å². The van der Waals surface area contributed by atoms with Crippen molar-refractivity contribution in [3.63, 3.8) is 0 Å². The summed E-state index contributed by atoms with van der Waals surface area (Å²) in [7, 11) is 0. The molecule has 0 aromatic carbocycles. The molecule has 1 heterocycles. The standard InChI is InChI=1S/C15H18O3/c1-7-4-3-5-8-10-11(12(7)16)9-6-15(9,2)13(10)18-14(8)17/h4,8-11,13H,3,5-6H2,1-2H3. The van der Waals surface area contributed by atoms with Gasteiger partial charge in [-0.3, -0.25) is 9.59 Å². The molecule has 4 aliphatic rings. The van der Waals surface area contributed by atoms with Gasteiger partial charge < -0.3 is 4.74 Å². The monoisotopic (exact) mass is 246 g/mol. The van der Waals surface area contributed by atoms with Crippen molar-refractivity contribution in [1.29, 1.82) is 0 Å². The van der Waals surface area contributed by atoms with Crippen LogP contribution in [0.15, 0.2) is 11.6 Å². The maximum Gasteiger partial charge on any atom is 0.309 e. The quantitative estimate of drug-likeness (QED) is 0.615. The van der Waals surface area contributed by atoms with Crippen LogP contribution in [0.2, 0.25) is 0 Å². The van der Waals surface area contributed by atoms with Gasteiger partial charge in [0.05, 0.1) is 5.92 Å². The van der Waals surface area contributed by atoms with Gasteiger partial charge >= 0.3 is 5.97 Å². The summed E-state index contributed by atoms with van der Waals surface area (Å²) in [6.45, 7) is 4.11. The fourth-order valence-corrected chi connectivity index (χ4v) is 4.73. The molecule has 0 spiro atoms. The summed E-state index contributed by atoms with van der Waals surface area (Å²) in [4.78, 5) is 24.6. The van der Waals surface area contributed by atoms with E-state index in [4.69, 9.17) is 4.74 Å². The molecule has 0 amide bonds. The molecule has 4 rings (SSSR count). The van der Waals surface area contributed by atoms with Gasteiger partial charge in [-0.1, -0.05) is 13.0 Å². The zero-order valence-corrected chi connectivity index (χ0v) is 10.8. The number of fused-ring (bicyclic) bond motifs is 3. The van der Waals surface area contributed by atoms with Crippen LogP contribution in [-0.4, -0.2) is 17.9 Å². The van der Waals surface area contributed by atoms with Gasteiger partial charge in [0.25, 0.3) is 0 Å². The van der Waals surface area contributed by atoms with E-state index in [1.54, 1.807) is 0 Å². The van der Waals surface area contributed by atoms with Crippen LogP contribution in [0.3, 0.4) is 0 Å². The van der Waals surface area contributed by atoms with Gasteiger partial charge in [0.15, 0.2) is 5.78 Å². The highest BCUT2D eigenvalue weighted by molar-refractivity contribution is 5.98. The van der Waals surface area contributed by atoms with Crippen molar-refractivity contribution in [2.75, 3.05) is 0 Å². The van der Waals surface area contributed by atoms with E-state index in [0.717, 1.165) is 24.8 Å². The summed E-state index contributed by atoms with van der Waals surface area (Å²) in [6, 6.07) is 0. The molecule has 6 unspecified atom stereocenters. The van der Waals surface area contributed by atoms with E-state index in [0.29, 0.717) is 5.92 Å². The molecule has 0 N–H and O–H groups in total. The highest BCUT2D eigenvalue weighted by Crippen LogP contribution is 2.72. The molecular weight excluding hydrogens is 228 g/mol. The number of hydrogen-bond donors (Lipinski definition) is 0. The van der Waals surface area contributed by atoms with Gasteiger partial charge in [-0.2, -0.15) is 0 Å². The lowest BCUT2D eigenvalue weighted by molar-refractivity contribution is -0.146. The summed E-state index contributed by atoms with van der Waals surface area (Å²) in [5.41, 5.74) is 0.993. The first-order chi connectivity index (χ1) is 8.54. The summed E-state index contributed by atoms with van der Waals surface area (Å²) in [5, 5.41) is 0. The molecular formula is C15H18O3. The number of carbonyl (C=O) groups excluding carboxylic acids is 2. The van der Waals surface area contributed by atoms with E-state index in [2.05, 4.69) is 6.92 Å². The Kier molecular flexibility index (Phi) is 1.83. The van der Waals surface area contributed by atoms with Crippen LogP contribution in [0, 0.1) is 29.1 Å². The van der Waals surface area contributed by atoms with Crippen LogP contribution in [0.4, 0.5) is 0 Å². The number of ketones is 1. The van der Waals surface area contributed by atoms with Gasteiger partial charge in [0.2, 0.25) is 0 Å². The Labute approximate surface area is 107 Å². The molecule has 1 aliphatic heterocycles. The average molecular weight is 246 g/mol. The van der Waals surface area contributed by atoms with Gasteiger partial charge in [-0.25, -0.2) is 0 Å². The average Bonchev–Trinajstić information content (AvgIpc) is 2.79. The molecule has 3 fully saturated rings. The minimum absolute atomic E-state index is 0.0137. The normalized spacial score (nSPS) is 53.0. The van der Waals surface area contributed by atoms with Gasteiger partial charge in [0.1, 0.15) is 6.10 Å². The number of esters is 1. The molecule has 0 bridgehead atoms. The van der Waals surface area contributed by atoms with E-state index >= 15 is 0 Å². The van der Waals surface area contributed by atoms with Crippen LogP contribution in [-0.2, 0) is 14.3 Å². The zero-order chi connectivity index (χ0) is 12.7. The lowest BCUT2D eigenvalue weighted by Crippen LogP contribution is -2.33. The second-order valence-corrected chi connectivity index (χ2v) is 6.71. The number of ether oxygens (including phenoxy) is 1. The van der Waals surface area contributed by atoms with Crippen molar-refractivity contribution in [2.45, 2.75) is 39.2 Å². The third kappa shape index (κ3) is 1.07. The number of rotatable bonds is 0. The smallest absolute Gasteiger partial charge is 0.309 e. The third-order valence-electron chi connectivity index (χ3n) is 5.82. The van der Waals surface area contributed by atoms with Gasteiger partial charge in [-0.15, -0.1) is 0 Å². The van der Waals surface area contributed by atoms with E-state index in [-0.39, 0.29) is 41.0 Å². The van der Waals surface area contributed by atoms with Crippen LogP contribution in [0.1, 0.15) is 33.1 Å². The zero-order valence-electron chi connectivity index (χ0n) is 10.8. The Morgan fingerprint density at radius 1 is 1.39 bits per heavy atom. The second kappa shape index (κ2) is 3.06. The van der Waals surface area contributed by atoms with Crippen molar-refractivity contribution in [3.8, 4) is 0 Å². The first-order valence-corrected chi connectivity index (χ1v) is 6.95. The second-order valence-electron chi connectivity index (χ2n) is 6.71. The van der Waals surface area contributed by atoms with E-state index in [1.165, 1.54) is 0 Å².